The molecule has 0 saturated heterocycles. The van der Waals surface area contributed by atoms with Crippen molar-refractivity contribution in [3.05, 3.63) is 44.7 Å². The van der Waals surface area contributed by atoms with Gasteiger partial charge in [-0.25, -0.2) is 4.98 Å². The summed E-state index contributed by atoms with van der Waals surface area (Å²) in [6, 6.07) is 7.59. The lowest BCUT2D eigenvalue weighted by atomic mass is 9.87. The highest BCUT2D eigenvalue weighted by molar-refractivity contribution is 9.10. The molecule has 0 aliphatic heterocycles. The maximum Gasteiger partial charge on any atom is 0.233 e. The van der Waals surface area contributed by atoms with Crippen LogP contribution in [0.15, 0.2) is 34.2 Å². The van der Waals surface area contributed by atoms with Crippen LogP contribution in [-0.2, 0) is 11.2 Å². The van der Waals surface area contributed by atoms with Crippen LogP contribution in [0.3, 0.4) is 0 Å². The zero-order valence-corrected chi connectivity index (χ0v) is 12.6. The summed E-state index contributed by atoms with van der Waals surface area (Å²) < 4.78 is 0.727. The highest BCUT2D eigenvalue weighted by atomic mass is 79.9. The molecule has 5 heteroatoms. The number of fused-ring (bicyclic) bond motifs is 1. The van der Waals surface area contributed by atoms with Gasteiger partial charge in [0, 0.05) is 4.88 Å². The molecule has 1 N–H and O–H groups in total. The van der Waals surface area contributed by atoms with Gasteiger partial charge in [-0.3, -0.25) is 4.79 Å². The highest BCUT2D eigenvalue weighted by Gasteiger charge is 2.27. The van der Waals surface area contributed by atoms with E-state index in [-0.39, 0.29) is 11.8 Å². The Kier molecular flexibility index (Phi) is 3.66. The minimum Gasteiger partial charge on any atom is -0.310 e. The zero-order valence-electron chi connectivity index (χ0n) is 10.2. The van der Waals surface area contributed by atoms with E-state index in [2.05, 4.69) is 37.7 Å². The second-order valence-electron chi connectivity index (χ2n) is 4.58. The minimum absolute atomic E-state index is 0.0317. The van der Waals surface area contributed by atoms with E-state index in [9.17, 15) is 4.79 Å². The average molecular weight is 337 g/mol. The molecule has 1 aliphatic rings. The number of nitrogens with zero attached hydrogens (tertiary/aromatic N) is 1. The largest absolute Gasteiger partial charge is 0.310 e. The monoisotopic (exact) mass is 336 g/mol. The Bertz CT molecular complexity index is 611. The van der Waals surface area contributed by atoms with E-state index >= 15 is 0 Å². The van der Waals surface area contributed by atoms with Crippen molar-refractivity contribution in [2.45, 2.75) is 25.2 Å². The van der Waals surface area contributed by atoms with Crippen molar-refractivity contribution >= 4 is 39.0 Å². The Balaban J connectivity index is 1.79. The first kappa shape index (κ1) is 12.8. The first-order valence-electron chi connectivity index (χ1n) is 6.24. The van der Waals surface area contributed by atoms with Gasteiger partial charge in [0.05, 0.1) is 5.92 Å². The number of carbonyl (C=O) groups is 1. The van der Waals surface area contributed by atoms with Crippen LogP contribution in [0.4, 0.5) is 5.82 Å². The smallest absolute Gasteiger partial charge is 0.233 e. The van der Waals surface area contributed by atoms with E-state index in [0.29, 0.717) is 5.82 Å². The van der Waals surface area contributed by atoms with E-state index in [1.807, 2.05) is 12.1 Å². The fraction of sp³-hybridized carbons (Fsp3) is 0.286. The number of hydrogen-bond donors (Lipinski definition) is 1. The quantitative estimate of drug-likeness (QED) is 0.843. The van der Waals surface area contributed by atoms with Crippen molar-refractivity contribution in [2.75, 3.05) is 5.32 Å². The molecule has 0 fully saturated rings. The molecule has 1 amide bonds. The number of hydrogen-bond acceptors (Lipinski definition) is 3. The van der Waals surface area contributed by atoms with Gasteiger partial charge >= 0.3 is 0 Å². The Morgan fingerprint density at radius 3 is 3.16 bits per heavy atom. The highest BCUT2D eigenvalue weighted by Crippen LogP contribution is 2.35. The first-order valence-corrected chi connectivity index (χ1v) is 7.91. The predicted octanol–water partition coefficient (Wildman–Crippen LogP) is 3.96. The van der Waals surface area contributed by atoms with Crippen LogP contribution >= 0.6 is 27.3 Å². The van der Waals surface area contributed by atoms with E-state index < -0.39 is 0 Å². The number of nitrogens with one attached hydrogen (secondary N) is 1. The standard InChI is InChI=1S/C14H13BrN2OS/c15-12-5-2-6-13(16-12)17-14(18)10-3-1-4-11-9(10)7-8-19-11/h2,5-8,10H,1,3-4H2,(H,16,17,18). The van der Waals surface area contributed by atoms with Gasteiger partial charge in [0.1, 0.15) is 10.4 Å². The van der Waals surface area contributed by atoms with Gasteiger partial charge in [0.25, 0.3) is 0 Å². The number of aryl methyl sites for hydroxylation is 1. The number of halogens is 1. The third kappa shape index (κ3) is 2.72. The molecule has 0 spiro atoms. The number of carbonyl (C=O) groups excluding carboxylic acids is 1. The lowest BCUT2D eigenvalue weighted by Gasteiger charge is -2.21. The van der Waals surface area contributed by atoms with Crippen LogP contribution in [0.1, 0.15) is 29.2 Å². The second kappa shape index (κ2) is 5.43. The minimum atomic E-state index is -0.0317. The molecule has 0 bridgehead atoms. The summed E-state index contributed by atoms with van der Waals surface area (Å²) in [7, 11) is 0. The van der Waals surface area contributed by atoms with Crippen LogP contribution in [0.25, 0.3) is 0 Å². The fourth-order valence-electron chi connectivity index (χ4n) is 2.45. The Morgan fingerprint density at radius 1 is 1.42 bits per heavy atom. The molecule has 0 aromatic carbocycles. The molecular weight excluding hydrogens is 324 g/mol. The van der Waals surface area contributed by atoms with Gasteiger partial charge in [-0.15, -0.1) is 11.3 Å². The van der Waals surface area contributed by atoms with Crippen LogP contribution in [0.5, 0.6) is 0 Å². The maximum atomic E-state index is 12.4. The number of amides is 1. The van der Waals surface area contributed by atoms with Gasteiger partial charge in [0.15, 0.2) is 0 Å². The summed E-state index contributed by atoms with van der Waals surface area (Å²) in [6.07, 6.45) is 3.10. The molecule has 98 valence electrons. The summed E-state index contributed by atoms with van der Waals surface area (Å²) >= 11 is 5.06. The number of anilines is 1. The topological polar surface area (TPSA) is 42.0 Å². The van der Waals surface area contributed by atoms with Crippen LogP contribution in [0, 0.1) is 0 Å². The van der Waals surface area contributed by atoms with Gasteiger partial charge in [-0.05, 0) is 64.3 Å². The Hall–Kier alpha value is -1.20. The summed E-state index contributed by atoms with van der Waals surface area (Å²) in [5, 5.41) is 4.98. The van der Waals surface area contributed by atoms with Crippen LogP contribution < -0.4 is 5.32 Å². The molecule has 3 nitrogen and oxygen atoms in total. The molecule has 0 saturated carbocycles. The van der Waals surface area contributed by atoms with Crippen molar-refractivity contribution in [3.63, 3.8) is 0 Å². The number of pyridine rings is 1. The third-order valence-electron chi connectivity index (χ3n) is 3.33. The van der Waals surface area contributed by atoms with Crippen molar-refractivity contribution in [1.29, 1.82) is 0 Å². The zero-order chi connectivity index (χ0) is 13.2. The molecule has 1 atom stereocenters. The fourth-order valence-corrected chi connectivity index (χ4v) is 3.78. The molecule has 0 radical (unpaired) electrons. The molecule has 2 heterocycles. The summed E-state index contributed by atoms with van der Waals surface area (Å²) in [5.74, 6) is 0.613. The van der Waals surface area contributed by atoms with Crippen LogP contribution in [-0.4, -0.2) is 10.9 Å². The third-order valence-corrected chi connectivity index (χ3v) is 4.77. The summed E-state index contributed by atoms with van der Waals surface area (Å²) in [4.78, 5) is 18.0. The second-order valence-corrected chi connectivity index (χ2v) is 6.39. The van der Waals surface area contributed by atoms with E-state index in [0.717, 1.165) is 23.9 Å². The SMILES string of the molecule is O=C(Nc1cccc(Br)n1)C1CCCc2sccc21. The van der Waals surface area contributed by atoms with Crippen molar-refractivity contribution in [1.82, 2.24) is 4.98 Å². The molecule has 1 unspecified atom stereocenters. The van der Waals surface area contributed by atoms with Crippen molar-refractivity contribution < 1.29 is 4.79 Å². The van der Waals surface area contributed by atoms with E-state index in [1.54, 1.807) is 17.4 Å². The Labute approximate surface area is 124 Å². The van der Waals surface area contributed by atoms with Crippen molar-refractivity contribution in [3.8, 4) is 0 Å². The lowest BCUT2D eigenvalue weighted by Crippen LogP contribution is -2.24. The average Bonchev–Trinajstić information content (AvgIpc) is 2.86. The maximum absolute atomic E-state index is 12.4. The van der Waals surface area contributed by atoms with E-state index in [1.165, 1.54) is 10.4 Å². The molecule has 19 heavy (non-hydrogen) atoms. The predicted molar refractivity (Wildman–Crippen MR) is 80.6 cm³/mol. The molecule has 3 rings (SSSR count). The molecule has 2 aromatic rings. The molecule has 1 aliphatic carbocycles. The van der Waals surface area contributed by atoms with Gasteiger partial charge < -0.3 is 5.32 Å². The lowest BCUT2D eigenvalue weighted by molar-refractivity contribution is -0.117. The summed E-state index contributed by atoms with van der Waals surface area (Å²) in [6.45, 7) is 0. The normalized spacial score (nSPS) is 17.8. The first-order chi connectivity index (χ1) is 9.24. The number of aromatic nitrogens is 1. The van der Waals surface area contributed by atoms with Gasteiger partial charge in [0.2, 0.25) is 5.91 Å². The molecular formula is C14H13BrN2OS. The van der Waals surface area contributed by atoms with Gasteiger partial charge in [-0.2, -0.15) is 0 Å². The van der Waals surface area contributed by atoms with E-state index in [4.69, 9.17) is 0 Å². The number of thiophene rings is 1. The van der Waals surface area contributed by atoms with Crippen LogP contribution in [0.2, 0.25) is 0 Å². The van der Waals surface area contributed by atoms with Gasteiger partial charge in [-0.1, -0.05) is 6.07 Å². The number of rotatable bonds is 2. The Morgan fingerprint density at radius 2 is 2.32 bits per heavy atom. The molecule has 2 aromatic heterocycles. The summed E-state index contributed by atoms with van der Waals surface area (Å²) in [5.41, 5.74) is 1.20. The van der Waals surface area contributed by atoms with Crippen molar-refractivity contribution in [2.24, 2.45) is 0 Å².